The maximum Gasteiger partial charge on any atom is 0.312 e. The Labute approximate surface area is 389 Å². The molecule has 17 unspecified atom stereocenters. The van der Waals surface area contributed by atoms with Crippen molar-refractivity contribution in [3.8, 4) is 0 Å². The minimum Gasteiger partial charge on any atom is -0.463 e. The van der Waals surface area contributed by atoms with Crippen LogP contribution in [0.4, 0.5) is 0 Å². The van der Waals surface area contributed by atoms with E-state index in [9.17, 15) is 50.1 Å². The molecule has 0 aromatic carbocycles. The largest absolute Gasteiger partial charge is 0.463 e. The zero-order chi connectivity index (χ0) is 48.1. The molecule has 0 saturated carbocycles. The number of unbranched alkanes of at least 4 members (excludes halogenated alkanes) is 12. The molecule has 372 valence electrons. The van der Waals surface area contributed by atoms with Crippen molar-refractivity contribution < 1.29 is 64.3 Å². The number of ketones is 1. The van der Waals surface area contributed by atoms with Gasteiger partial charge in [-0.2, -0.15) is 0 Å². The molecular weight excluding hydrogens is 844 g/mol. The average molecular weight is 932 g/mol. The van der Waals surface area contributed by atoms with Crippen LogP contribution in [0.1, 0.15) is 165 Å². The van der Waals surface area contributed by atoms with E-state index in [4.69, 9.17) is 25.8 Å². The van der Waals surface area contributed by atoms with Crippen molar-refractivity contribution in [3.63, 3.8) is 0 Å². The van der Waals surface area contributed by atoms with E-state index in [1.807, 2.05) is 6.92 Å². The molecule has 0 radical (unpaired) electrons. The molecule has 2 bridgehead atoms. The number of aliphatic hydroxyl groups excluding tert-OH is 7. The van der Waals surface area contributed by atoms with E-state index in [0.29, 0.717) is 12.0 Å². The summed E-state index contributed by atoms with van der Waals surface area (Å²) in [6.45, 7) is 13.7. The van der Waals surface area contributed by atoms with Gasteiger partial charge in [0.15, 0.2) is 5.78 Å². The van der Waals surface area contributed by atoms with Gasteiger partial charge in [-0.15, -0.1) is 11.6 Å². The second-order valence-electron chi connectivity index (χ2n) is 19.5. The van der Waals surface area contributed by atoms with E-state index in [-0.39, 0.29) is 37.8 Å². The molecule has 0 aromatic rings. The number of hydrogen-bond acceptors (Lipinski definition) is 13. The summed E-state index contributed by atoms with van der Waals surface area (Å²) in [6.07, 6.45) is 8.92. The number of ether oxygens (including phenoxy) is 3. The molecule has 2 aliphatic heterocycles. The molecule has 0 aliphatic carbocycles. The van der Waals surface area contributed by atoms with Crippen molar-refractivity contribution in [1.82, 2.24) is 0 Å². The van der Waals surface area contributed by atoms with Gasteiger partial charge >= 0.3 is 11.9 Å². The number of Topliss-reactive ketones (excluding diaryl/α,β-unsaturated/α-hetero) is 1. The molecule has 2 aliphatic rings. The first-order valence-electron chi connectivity index (χ1n) is 24.5. The summed E-state index contributed by atoms with van der Waals surface area (Å²) >= 11 is 6.51. The third-order valence-corrected chi connectivity index (χ3v) is 14.2. The highest BCUT2D eigenvalue weighted by atomic mass is 35.5. The number of carbonyl (C=O) groups excluding carboxylic acids is 3. The summed E-state index contributed by atoms with van der Waals surface area (Å²) in [4.78, 5) is 38.5. The van der Waals surface area contributed by atoms with Gasteiger partial charge < -0.3 is 50.0 Å². The van der Waals surface area contributed by atoms with Crippen LogP contribution in [0.2, 0.25) is 0 Å². The smallest absolute Gasteiger partial charge is 0.312 e. The molecule has 0 aromatic heterocycles. The lowest BCUT2D eigenvalue weighted by Crippen LogP contribution is -2.42. The van der Waals surface area contributed by atoms with E-state index in [1.54, 1.807) is 46.8 Å². The first kappa shape index (κ1) is 58.2. The summed E-state index contributed by atoms with van der Waals surface area (Å²) in [5, 5.41) is 76.2. The molecule has 1 saturated heterocycles. The van der Waals surface area contributed by atoms with Crippen LogP contribution in [0.5, 0.6) is 0 Å². The number of rotatable bonds is 27. The predicted octanol–water partition coefficient (Wildman–Crippen LogP) is 6.90. The Balaban J connectivity index is 1.86. The summed E-state index contributed by atoms with van der Waals surface area (Å²) < 4.78 is 17.1. The summed E-state index contributed by atoms with van der Waals surface area (Å²) in [5.74, 6) is -5.54. The van der Waals surface area contributed by atoms with E-state index in [2.05, 4.69) is 6.92 Å². The minimum absolute atomic E-state index is 0.0529. The number of aliphatic hydroxyl groups is 7. The molecule has 64 heavy (non-hydrogen) atoms. The number of hydrogen-bond donors (Lipinski definition) is 7. The summed E-state index contributed by atoms with van der Waals surface area (Å²) in [7, 11) is 0. The van der Waals surface area contributed by atoms with Gasteiger partial charge in [-0.3, -0.25) is 14.4 Å². The third-order valence-electron chi connectivity index (χ3n) is 13.7. The molecule has 17 atom stereocenters. The second-order valence-corrected chi connectivity index (χ2v) is 20.0. The van der Waals surface area contributed by atoms with E-state index < -0.39 is 108 Å². The van der Waals surface area contributed by atoms with Gasteiger partial charge in [0.2, 0.25) is 0 Å². The molecule has 2 rings (SSSR count). The number of fused-ring (bicyclic) bond motifs is 2. The highest BCUT2D eigenvalue weighted by Gasteiger charge is 2.47. The van der Waals surface area contributed by atoms with Crippen molar-refractivity contribution in [2.45, 2.75) is 231 Å². The Kier molecular flexibility index (Phi) is 27.7. The lowest BCUT2D eigenvalue weighted by atomic mass is 9.83. The van der Waals surface area contributed by atoms with Crippen LogP contribution in [0, 0.1) is 35.5 Å². The van der Waals surface area contributed by atoms with Gasteiger partial charge in [0.1, 0.15) is 43.2 Å². The normalized spacial score (nSPS) is 29.8. The average Bonchev–Trinajstić information content (AvgIpc) is 3.69. The van der Waals surface area contributed by atoms with E-state index >= 15 is 0 Å². The van der Waals surface area contributed by atoms with Crippen molar-refractivity contribution in [3.05, 3.63) is 23.8 Å². The number of esters is 2. The molecular formula is C50H87ClO13. The Morgan fingerprint density at radius 1 is 0.828 bits per heavy atom. The highest BCUT2D eigenvalue weighted by molar-refractivity contribution is 6.21. The van der Waals surface area contributed by atoms with Crippen LogP contribution in [0.25, 0.3) is 0 Å². The molecule has 2 heterocycles. The van der Waals surface area contributed by atoms with Crippen molar-refractivity contribution in [1.29, 1.82) is 0 Å². The fraction of sp³-hybridized carbons (Fsp3) is 0.860. The molecule has 7 N–H and O–H groups in total. The van der Waals surface area contributed by atoms with Gasteiger partial charge in [-0.1, -0.05) is 137 Å². The van der Waals surface area contributed by atoms with E-state index in [0.717, 1.165) is 19.3 Å². The second kappa shape index (κ2) is 30.4. The fourth-order valence-electron chi connectivity index (χ4n) is 8.88. The Bertz CT molecular complexity index is 1410. The van der Waals surface area contributed by atoms with Crippen LogP contribution in [0.15, 0.2) is 23.8 Å². The Morgan fingerprint density at radius 3 is 1.97 bits per heavy atom. The Hall–Kier alpha value is -1.94. The minimum atomic E-state index is -1.63. The maximum atomic E-state index is 13.2. The van der Waals surface area contributed by atoms with Gasteiger partial charge in [-0.25, -0.2) is 0 Å². The number of alkyl halides is 1. The number of carbonyl (C=O) groups is 3. The van der Waals surface area contributed by atoms with Crippen molar-refractivity contribution in [2.24, 2.45) is 35.5 Å². The molecule has 0 amide bonds. The van der Waals surface area contributed by atoms with Crippen molar-refractivity contribution in [2.75, 3.05) is 6.61 Å². The molecule has 13 nitrogen and oxygen atoms in total. The first-order valence-corrected chi connectivity index (χ1v) is 25.0. The predicted molar refractivity (Wildman–Crippen MR) is 248 cm³/mol. The SMILES string of the molecule is CCCCCCCCCCCCCCCC(=O)OCC(O)C(Cl)CC(C)C(O)C(C)C(O)C(C)=CC(C)CC(O)C1OC2CC1OC(=O)C(C)C(O)C(=O)C(C)C(C)C=CC(O)C2O. The molecule has 1 fully saturated rings. The lowest BCUT2D eigenvalue weighted by Gasteiger charge is -2.31. The lowest BCUT2D eigenvalue weighted by molar-refractivity contribution is -0.167. The number of halogens is 1. The zero-order valence-corrected chi connectivity index (χ0v) is 41.0. The highest BCUT2D eigenvalue weighted by Crippen LogP contribution is 2.34. The van der Waals surface area contributed by atoms with Crippen LogP contribution < -0.4 is 0 Å². The van der Waals surface area contributed by atoms with Crippen LogP contribution in [-0.2, 0) is 28.6 Å². The van der Waals surface area contributed by atoms with Gasteiger partial charge in [-0.05, 0) is 56.4 Å². The number of allylic oxidation sites excluding steroid dienone is 2. The summed E-state index contributed by atoms with van der Waals surface area (Å²) in [5.41, 5.74) is 0.538. The zero-order valence-electron chi connectivity index (χ0n) is 40.2. The standard InChI is InChI=1S/C50H87ClO13/c1-9-10-11-12-13-14-15-16-17-18-19-20-21-22-43(55)62-29-40(54)37(51)27-33(5)45(57)35(7)44(56)32(4)25-30(2)26-39(53)49-42-28-41(63-49)48(60)38(52)24-23-31(3)34(6)46(58)47(59)36(8)50(61)64-42/h23-25,30-31,33-42,44-45,47-49,52-54,56-57,59-60H,9-22,26-29H2,1-8H3. The fourth-order valence-corrected chi connectivity index (χ4v) is 9.23. The van der Waals surface area contributed by atoms with Gasteiger partial charge in [0.05, 0.1) is 35.7 Å². The summed E-state index contributed by atoms with van der Waals surface area (Å²) in [6, 6.07) is 0. The van der Waals surface area contributed by atoms with Crippen LogP contribution in [0.3, 0.4) is 0 Å². The van der Waals surface area contributed by atoms with Crippen molar-refractivity contribution >= 4 is 29.3 Å². The molecule has 0 spiro atoms. The monoisotopic (exact) mass is 931 g/mol. The third kappa shape index (κ3) is 19.7. The van der Waals surface area contributed by atoms with Gasteiger partial charge in [0, 0.05) is 24.7 Å². The van der Waals surface area contributed by atoms with Crippen LogP contribution >= 0.6 is 11.6 Å². The van der Waals surface area contributed by atoms with Gasteiger partial charge in [0.25, 0.3) is 0 Å². The quantitative estimate of drug-likeness (QED) is 0.0193. The van der Waals surface area contributed by atoms with Crippen LogP contribution in [-0.4, -0.2) is 126 Å². The maximum absolute atomic E-state index is 13.2. The Morgan fingerprint density at radius 2 is 1.39 bits per heavy atom. The topological polar surface area (TPSA) is 221 Å². The molecule has 14 heteroatoms. The first-order chi connectivity index (χ1) is 30.2. The van der Waals surface area contributed by atoms with E-state index in [1.165, 1.54) is 77.2 Å².